The first-order chi connectivity index (χ1) is 10.6. The lowest BCUT2D eigenvalue weighted by Crippen LogP contribution is -2.33. The van der Waals surface area contributed by atoms with Gasteiger partial charge in [-0.2, -0.15) is 11.8 Å². The lowest BCUT2D eigenvalue weighted by atomic mass is 10.1. The van der Waals surface area contributed by atoms with E-state index in [0.29, 0.717) is 24.2 Å². The molecular formula is C15H20N2O3S2. The number of nitrogens with zero attached hydrogens (tertiary/aromatic N) is 2. The number of thioether (sulfide) groups is 1. The van der Waals surface area contributed by atoms with Crippen molar-refractivity contribution in [3.05, 3.63) is 29.8 Å². The molecule has 22 heavy (non-hydrogen) atoms. The summed E-state index contributed by atoms with van der Waals surface area (Å²) in [7, 11) is -3.21. The van der Waals surface area contributed by atoms with E-state index in [1.54, 1.807) is 24.3 Å². The minimum absolute atomic E-state index is 0.000875. The van der Waals surface area contributed by atoms with Gasteiger partial charge in [-0.1, -0.05) is 6.07 Å². The van der Waals surface area contributed by atoms with E-state index in [0.717, 1.165) is 31.0 Å². The molecule has 0 atom stereocenters. The molecule has 7 heteroatoms. The predicted molar refractivity (Wildman–Crippen MR) is 90.0 cm³/mol. The number of sulfonamides is 1. The van der Waals surface area contributed by atoms with Crippen molar-refractivity contribution >= 4 is 33.4 Å². The average molecular weight is 340 g/mol. The fourth-order valence-electron chi connectivity index (χ4n) is 2.86. The number of carbonyl (C=O) groups excluding carboxylic acids is 1. The third-order valence-corrected chi connectivity index (χ3v) is 6.91. The van der Waals surface area contributed by atoms with Crippen molar-refractivity contribution in [2.45, 2.75) is 12.8 Å². The molecule has 2 heterocycles. The monoisotopic (exact) mass is 340 g/mol. The summed E-state index contributed by atoms with van der Waals surface area (Å²) in [5.74, 6) is 2.25. The second kappa shape index (κ2) is 6.50. The maximum atomic E-state index is 12.6. The Kier molecular flexibility index (Phi) is 4.63. The Balaban J connectivity index is 1.83. The predicted octanol–water partition coefficient (Wildman–Crippen LogP) is 1.81. The molecule has 1 aromatic carbocycles. The Morgan fingerprint density at radius 2 is 1.95 bits per heavy atom. The van der Waals surface area contributed by atoms with Crippen LogP contribution in [-0.2, 0) is 10.0 Å². The number of carbonyl (C=O) groups is 1. The summed E-state index contributed by atoms with van der Waals surface area (Å²) in [4.78, 5) is 14.5. The van der Waals surface area contributed by atoms with Crippen molar-refractivity contribution in [2.75, 3.05) is 41.2 Å². The number of anilines is 1. The summed E-state index contributed by atoms with van der Waals surface area (Å²) in [5, 5.41) is 0. The van der Waals surface area contributed by atoms with E-state index in [4.69, 9.17) is 0 Å². The van der Waals surface area contributed by atoms with Gasteiger partial charge in [0.25, 0.3) is 5.91 Å². The van der Waals surface area contributed by atoms with Gasteiger partial charge in [-0.25, -0.2) is 8.42 Å². The molecule has 1 aromatic rings. The molecule has 2 fully saturated rings. The fourth-order valence-corrected chi connectivity index (χ4v) is 5.30. The second-order valence-electron chi connectivity index (χ2n) is 5.55. The van der Waals surface area contributed by atoms with Crippen LogP contribution in [0.1, 0.15) is 23.2 Å². The fraction of sp³-hybridized carbons (Fsp3) is 0.533. The summed E-state index contributed by atoms with van der Waals surface area (Å²) in [6, 6.07) is 7.01. The zero-order chi connectivity index (χ0) is 15.6. The number of hydrogen-bond donors (Lipinski definition) is 0. The van der Waals surface area contributed by atoms with Crippen LogP contribution >= 0.6 is 11.8 Å². The SMILES string of the molecule is O=C(c1cccc(N2CCCS2(=O)=O)c1)N1CCCSCC1. The van der Waals surface area contributed by atoms with Gasteiger partial charge >= 0.3 is 0 Å². The van der Waals surface area contributed by atoms with Gasteiger partial charge < -0.3 is 4.90 Å². The Hall–Kier alpha value is -1.21. The Bertz CT molecular complexity index is 653. The van der Waals surface area contributed by atoms with Gasteiger partial charge in [0, 0.05) is 31.0 Å². The summed E-state index contributed by atoms with van der Waals surface area (Å²) in [6.07, 6.45) is 1.65. The normalized spacial score (nSPS) is 21.6. The molecule has 0 spiro atoms. The second-order valence-corrected chi connectivity index (χ2v) is 8.79. The van der Waals surface area contributed by atoms with Crippen LogP contribution in [-0.4, -0.2) is 56.1 Å². The molecule has 0 radical (unpaired) electrons. The van der Waals surface area contributed by atoms with E-state index in [-0.39, 0.29) is 11.7 Å². The van der Waals surface area contributed by atoms with Gasteiger partial charge in [-0.05, 0) is 36.8 Å². The van der Waals surface area contributed by atoms with Crippen LogP contribution in [0.5, 0.6) is 0 Å². The number of benzene rings is 1. The molecule has 2 aliphatic heterocycles. The molecule has 2 aliphatic rings. The van der Waals surface area contributed by atoms with Crippen molar-refractivity contribution in [2.24, 2.45) is 0 Å². The standard InChI is InChI=1S/C15H20N2O3S2/c18-15(16-6-2-9-21-10-8-16)13-4-1-5-14(12-13)17-7-3-11-22(17,19)20/h1,4-5,12H,2-3,6-11H2. The molecule has 3 rings (SSSR count). The van der Waals surface area contributed by atoms with Gasteiger partial charge in [0.2, 0.25) is 10.0 Å². The van der Waals surface area contributed by atoms with Crippen molar-refractivity contribution < 1.29 is 13.2 Å². The molecule has 0 bridgehead atoms. The highest BCUT2D eigenvalue weighted by Crippen LogP contribution is 2.25. The molecule has 5 nitrogen and oxygen atoms in total. The third kappa shape index (κ3) is 3.25. The van der Waals surface area contributed by atoms with Crippen LogP contribution in [0.15, 0.2) is 24.3 Å². The summed E-state index contributed by atoms with van der Waals surface area (Å²) in [6.45, 7) is 2.04. The van der Waals surface area contributed by atoms with Gasteiger partial charge in [0.1, 0.15) is 0 Å². The molecule has 120 valence electrons. The minimum atomic E-state index is -3.21. The van der Waals surface area contributed by atoms with Crippen molar-refractivity contribution in [1.82, 2.24) is 4.90 Å². The highest BCUT2D eigenvalue weighted by Gasteiger charge is 2.29. The lowest BCUT2D eigenvalue weighted by molar-refractivity contribution is 0.0768. The highest BCUT2D eigenvalue weighted by molar-refractivity contribution is 7.99. The smallest absolute Gasteiger partial charge is 0.253 e. The molecule has 0 N–H and O–H groups in total. The van der Waals surface area contributed by atoms with Crippen LogP contribution in [0.3, 0.4) is 0 Å². The average Bonchev–Trinajstić information content (AvgIpc) is 2.72. The van der Waals surface area contributed by atoms with Crippen molar-refractivity contribution in [1.29, 1.82) is 0 Å². The molecule has 0 saturated carbocycles. The number of hydrogen-bond acceptors (Lipinski definition) is 4. The van der Waals surface area contributed by atoms with E-state index in [9.17, 15) is 13.2 Å². The van der Waals surface area contributed by atoms with Gasteiger partial charge in [-0.3, -0.25) is 9.10 Å². The topological polar surface area (TPSA) is 57.7 Å². The van der Waals surface area contributed by atoms with Crippen LogP contribution < -0.4 is 4.31 Å². The summed E-state index contributed by atoms with van der Waals surface area (Å²) >= 11 is 1.87. The van der Waals surface area contributed by atoms with Crippen LogP contribution in [0.25, 0.3) is 0 Å². The van der Waals surface area contributed by atoms with Gasteiger partial charge in [0.05, 0.1) is 11.4 Å². The first kappa shape index (κ1) is 15.7. The Labute approximate surface area is 135 Å². The number of amides is 1. The Morgan fingerprint density at radius 1 is 1.09 bits per heavy atom. The molecule has 0 unspecified atom stereocenters. The van der Waals surface area contributed by atoms with Crippen molar-refractivity contribution in [3.63, 3.8) is 0 Å². The zero-order valence-electron chi connectivity index (χ0n) is 12.4. The molecular weight excluding hydrogens is 320 g/mol. The van der Waals surface area contributed by atoms with E-state index >= 15 is 0 Å². The van der Waals surface area contributed by atoms with E-state index < -0.39 is 10.0 Å². The van der Waals surface area contributed by atoms with Crippen LogP contribution in [0.2, 0.25) is 0 Å². The molecule has 0 aromatic heterocycles. The first-order valence-corrected chi connectivity index (χ1v) is 10.3. The van der Waals surface area contributed by atoms with E-state index in [1.807, 2.05) is 16.7 Å². The van der Waals surface area contributed by atoms with E-state index in [1.165, 1.54) is 4.31 Å². The van der Waals surface area contributed by atoms with Gasteiger partial charge in [-0.15, -0.1) is 0 Å². The largest absolute Gasteiger partial charge is 0.338 e. The minimum Gasteiger partial charge on any atom is -0.338 e. The molecule has 1 amide bonds. The quantitative estimate of drug-likeness (QED) is 0.824. The maximum absolute atomic E-state index is 12.6. The number of rotatable bonds is 2. The maximum Gasteiger partial charge on any atom is 0.253 e. The molecule has 0 aliphatic carbocycles. The van der Waals surface area contributed by atoms with Gasteiger partial charge in [0.15, 0.2) is 0 Å². The van der Waals surface area contributed by atoms with Crippen LogP contribution in [0.4, 0.5) is 5.69 Å². The van der Waals surface area contributed by atoms with Crippen LogP contribution in [0, 0.1) is 0 Å². The lowest BCUT2D eigenvalue weighted by Gasteiger charge is -2.22. The van der Waals surface area contributed by atoms with Crippen molar-refractivity contribution in [3.8, 4) is 0 Å². The third-order valence-electron chi connectivity index (χ3n) is 3.99. The van der Waals surface area contributed by atoms with E-state index in [2.05, 4.69) is 0 Å². The summed E-state index contributed by atoms with van der Waals surface area (Å²) < 4.78 is 25.5. The molecule has 2 saturated heterocycles. The zero-order valence-corrected chi connectivity index (χ0v) is 14.0. The summed E-state index contributed by atoms with van der Waals surface area (Å²) in [5.41, 5.74) is 1.18. The Morgan fingerprint density at radius 3 is 2.73 bits per heavy atom. The first-order valence-electron chi connectivity index (χ1n) is 7.55. The highest BCUT2D eigenvalue weighted by atomic mass is 32.2.